The van der Waals surface area contributed by atoms with Crippen LogP contribution in [0.4, 0.5) is 11.4 Å². The highest BCUT2D eigenvalue weighted by Crippen LogP contribution is 2.29. The third-order valence-electron chi connectivity index (χ3n) is 4.74. The van der Waals surface area contributed by atoms with Gasteiger partial charge in [0.1, 0.15) is 0 Å². The van der Waals surface area contributed by atoms with E-state index in [1.807, 2.05) is 50.2 Å². The minimum Gasteiger partial charge on any atom is -0.493 e. The maximum absolute atomic E-state index is 12.3. The first-order chi connectivity index (χ1) is 14.0. The first kappa shape index (κ1) is 20.5. The van der Waals surface area contributed by atoms with Crippen LogP contribution in [-0.2, 0) is 9.59 Å². The number of anilines is 2. The molecule has 1 aliphatic heterocycles. The third kappa shape index (κ3) is 4.96. The summed E-state index contributed by atoms with van der Waals surface area (Å²) in [5.41, 5.74) is 3.39. The molecule has 6 nitrogen and oxygen atoms in total. The predicted molar refractivity (Wildman–Crippen MR) is 115 cm³/mol. The zero-order valence-corrected chi connectivity index (χ0v) is 17.0. The van der Waals surface area contributed by atoms with Gasteiger partial charge in [0.05, 0.1) is 13.7 Å². The molecule has 0 unspecified atom stereocenters. The van der Waals surface area contributed by atoms with E-state index in [4.69, 9.17) is 9.47 Å². The van der Waals surface area contributed by atoms with Crippen molar-refractivity contribution in [3.05, 3.63) is 53.6 Å². The van der Waals surface area contributed by atoms with Crippen LogP contribution in [-0.4, -0.2) is 32.1 Å². The van der Waals surface area contributed by atoms with E-state index in [1.165, 1.54) is 6.08 Å². The minimum atomic E-state index is -0.233. The summed E-state index contributed by atoms with van der Waals surface area (Å²) in [4.78, 5) is 26.1. The Morgan fingerprint density at radius 3 is 2.69 bits per heavy atom. The maximum atomic E-state index is 12.3. The van der Waals surface area contributed by atoms with E-state index >= 15 is 0 Å². The van der Waals surface area contributed by atoms with E-state index in [0.717, 1.165) is 29.8 Å². The van der Waals surface area contributed by atoms with Gasteiger partial charge < -0.3 is 19.7 Å². The molecule has 1 heterocycles. The van der Waals surface area contributed by atoms with E-state index in [0.29, 0.717) is 30.2 Å². The molecule has 6 heteroatoms. The van der Waals surface area contributed by atoms with Crippen molar-refractivity contribution in [1.82, 2.24) is 0 Å². The van der Waals surface area contributed by atoms with Crippen molar-refractivity contribution in [1.29, 1.82) is 0 Å². The fourth-order valence-electron chi connectivity index (χ4n) is 3.36. The molecule has 2 amide bonds. The van der Waals surface area contributed by atoms with E-state index < -0.39 is 0 Å². The normalized spacial score (nSPS) is 13.8. The summed E-state index contributed by atoms with van der Waals surface area (Å²) >= 11 is 0. The fraction of sp³-hybridized carbons (Fsp3) is 0.304. The van der Waals surface area contributed by atoms with Gasteiger partial charge in [-0.25, -0.2) is 0 Å². The van der Waals surface area contributed by atoms with Gasteiger partial charge in [-0.2, -0.15) is 0 Å². The highest BCUT2D eigenvalue weighted by molar-refractivity contribution is 6.02. The zero-order valence-electron chi connectivity index (χ0n) is 17.0. The van der Waals surface area contributed by atoms with Crippen LogP contribution in [0.3, 0.4) is 0 Å². The first-order valence-corrected chi connectivity index (χ1v) is 9.72. The van der Waals surface area contributed by atoms with Gasteiger partial charge in [-0.1, -0.05) is 6.07 Å². The van der Waals surface area contributed by atoms with Crippen LogP contribution in [0.15, 0.2) is 42.5 Å². The molecule has 0 radical (unpaired) electrons. The summed E-state index contributed by atoms with van der Waals surface area (Å²) in [6, 6.07) is 11.1. The molecule has 1 fully saturated rings. The third-order valence-corrected chi connectivity index (χ3v) is 4.74. The monoisotopic (exact) mass is 394 g/mol. The smallest absolute Gasteiger partial charge is 0.248 e. The summed E-state index contributed by atoms with van der Waals surface area (Å²) in [6.07, 6.45) is 4.68. The molecule has 2 aromatic rings. The van der Waals surface area contributed by atoms with E-state index in [9.17, 15) is 9.59 Å². The number of amides is 2. The van der Waals surface area contributed by atoms with Gasteiger partial charge in [0.25, 0.3) is 0 Å². The number of nitrogens with one attached hydrogen (secondary N) is 1. The topological polar surface area (TPSA) is 67.9 Å². The predicted octanol–water partition coefficient (Wildman–Crippen LogP) is 4.18. The van der Waals surface area contributed by atoms with Gasteiger partial charge in [-0.15, -0.1) is 0 Å². The van der Waals surface area contributed by atoms with Gasteiger partial charge in [0, 0.05) is 30.4 Å². The average molecular weight is 394 g/mol. The Kier molecular flexibility index (Phi) is 6.54. The van der Waals surface area contributed by atoms with Gasteiger partial charge >= 0.3 is 0 Å². The van der Waals surface area contributed by atoms with Gasteiger partial charge in [-0.05, 0) is 67.8 Å². The Hall–Kier alpha value is -3.28. The maximum Gasteiger partial charge on any atom is 0.248 e. The van der Waals surface area contributed by atoms with Crippen molar-refractivity contribution in [2.75, 3.05) is 30.5 Å². The lowest BCUT2D eigenvalue weighted by Crippen LogP contribution is -2.24. The molecule has 1 saturated heterocycles. The van der Waals surface area contributed by atoms with Crippen LogP contribution in [0.2, 0.25) is 0 Å². The van der Waals surface area contributed by atoms with Crippen LogP contribution in [0.25, 0.3) is 6.08 Å². The summed E-state index contributed by atoms with van der Waals surface area (Å²) in [7, 11) is 1.59. The number of methoxy groups -OCH3 is 1. The van der Waals surface area contributed by atoms with E-state index in [2.05, 4.69) is 5.32 Å². The zero-order chi connectivity index (χ0) is 20.8. The van der Waals surface area contributed by atoms with Crippen molar-refractivity contribution < 1.29 is 19.1 Å². The second-order valence-corrected chi connectivity index (χ2v) is 6.82. The molecule has 0 saturated carbocycles. The molecule has 3 rings (SSSR count). The van der Waals surface area contributed by atoms with Gasteiger partial charge in [0.15, 0.2) is 11.5 Å². The van der Waals surface area contributed by atoms with Crippen LogP contribution in [0, 0.1) is 6.92 Å². The SMILES string of the molecule is CCOc1cc(C=CC(=O)Nc2ccc(N3CCCC3=O)c(C)c2)ccc1OC. The number of hydrogen-bond acceptors (Lipinski definition) is 4. The number of carbonyl (C=O) groups excluding carboxylic acids is 2. The highest BCUT2D eigenvalue weighted by Gasteiger charge is 2.22. The standard InChI is InChI=1S/C23H26N2O4/c1-4-29-21-15-17(7-11-20(21)28-3)8-12-22(26)24-18-9-10-19(16(2)14-18)25-13-5-6-23(25)27/h7-12,14-15H,4-6,13H2,1-3H3,(H,24,26). The van der Waals surface area contributed by atoms with Crippen LogP contribution in [0.1, 0.15) is 30.9 Å². The number of nitrogens with zero attached hydrogens (tertiary/aromatic N) is 1. The molecule has 2 aromatic carbocycles. The number of benzene rings is 2. The van der Waals surface area contributed by atoms with Crippen molar-refractivity contribution in [2.45, 2.75) is 26.7 Å². The largest absolute Gasteiger partial charge is 0.493 e. The van der Waals surface area contributed by atoms with Crippen LogP contribution in [0.5, 0.6) is 11.5 Å². The fourth-order valence-corrected chi connectivity index (χ4v) is 3.36. The van der Waals surface area contributed by atoms with Crippen LogP contribution >= 0.6 is 0 Å². The molecule has 0 atom stereocenters. The van der Waals surface area contributed by atoms with E-state index in [1.54, 1.807) is 18.1 Å². The molecule has 152 valence electrons. The lowest BCUT2D eigenvalue weighted by Gasteiger charge is -2.19. The molecule has 1 aliphatic rings. The lowest BCUT2D eigenvalue weighted by molar-refractivity contribution is -0.117. The van der Waals surface area contributed by atoms with E-state index in [-0.39, 0.29) is 11.8 Å². The number of ether oxygens (including phenoxy) is 2. The summed E-state index contributed by atoms with van der Waals surface area (Å²) in [5.74, 6) is 1.21. The molecular weight excluding hydrogens is 368 g/mol. The number of carbonyl (C=O) groups is 2. The van der Waals surface area contributed by atoms with Crippen molar-refractivity contribution in [3.8, 4) is 11.5 Å². The number of aryl methyl sites for hydroxylation is 1. The Balaban J connectivity index is 1.67. The molecule has 0 bridgehead atoms. The average Bonchev–Trinajstić information content (AvgIpc) is 3.12. The number of hydrogen-bond donors (Lipinski definition) is 1. The van der Waals surface area contributed by atoms with Crippen molar-refractivity contribution >= 4 is 29.3 Å². The number of rotatable bonds is 7. The summed E-state index contributed by atoms with van der Waals surface area (Å²) in [6.45, 7) is 5.13. The summed E-state index contributed by atoms with van der Waals surface area (Å²) in [5, 5.41) is 2.86. The van der Waals surface area contributed by atoms with Crippen molar-refractivity contribution in [2.24, 2.45) is 0 Å². The minimum absolute atomic E-state index is 0.152. The van der Waals surface area contributed by atoms with Gasteiger partial charge in [-0.3, -0.25) is 9.59 Å². The Labute approximate surface area is 171 Å². The van der Waals surface area contributed by atoms with Crippen LogP contribution < -0.4 is 19.7 Å². The Bertz CT molecular complexity index is 936. The van der Waals surface area contributed by atoms with Crippen molar-refractivity contribution in [3.63, 3.8) is 0 Å². The second-order valence-electron chi connectivity index (χ2n) is 6.82. The quantitative estimate of drug-likeness (QED) is 0.716. The Morgan fingerprint density at radius 1 is 1.21 bits per heavy atom. The molecular formula is C23H26N2O4. The Morgan fingerprint density at radius 2 is 2.03 bits per heavy atom. The summed E-state index contributed by atoms with van der Waals surface area (Å²) < 4.78 is 10.8. The lowest BCUT2D eigenvalue weighted by atomic mass is 10.1. The molecule has 29 heavy (non-hydrogen) atoms. The molecule has 1 N–H and O–H groups in total. The highest BCUT2D eigenvalue weighted by atomic mass is 16.5. The molecule has 0 spiro atoms. The second kappa shape index (κ2) is 9.28. The molecule has 0 aromatic heterocycles. The molecule has 0 aliphatic carbocycles. The first-order valence-electron chi connectivity index (χ1n) is 9.72. The van der Waals surface area contributed by atoms with Gasteiger partial charge in [0.2, 0.25) is 11.8 Å².